The second kappa shape index (κ2) is 4.83. The number of nitrogens with zero attached hydrogens (tertiary/aromatic N) is 3. The molecule has 0 spiro atoms. The van der Waals surface area contributed by atoms with E-state index >= 15 is 0 Å². The van der Waals surface area contributed by atoms with Crippen LogP contribution in [0.2, 0.25) is 0 Å². The van der Waals surface area contributed by atoms with E-state index in [1.807, 2.05) is 13.8 Å². The van der Waals surface area contributed by atoms with E-state index in [1.165, 1.54) is 18.5 Å². The molecule has 0 atom stereocenters. The lowest BCUT2D eigenvalue weighted by atomic mass is 10.4. The Labute approximate surface area is 107 Å². The third kappa shape index (κ3) is 2.82. The first-order chi connectivity index (χ1) is 8.06. The predicted molar refractivity (Wildman–Crippen MR) is 64.6 cm³/mol. The van der Waals surface area contributed by atoms with Gasteiger partial charge in [-0.05, 0) is 35.8 Å². The van der Waals surface area contributed by atoms with Gasteiger partial charge in [-0.25, -0.2) is 9.37 Å². The van der Waals surface area contributed by atoms with Crippen LogP contribution in [0.1, 0.15) is 19.9 Å². The molecule has 0 aliphatic heterocycles. The van der Waals surface area contributed by atoms with Crippen molar-refractivity contribution < 1.29 is 9.13 Å². The molecule has 0 bridgehead atoms. The largest absolute Gasteiger partial charge is 0.433 e. The summed E-state index contributed by atoms with van der Waals surface area (Å²) in [6, 6.07) is 1.53. The maximum Gasteiger partial charge on any atom is 0.256 e. The highest BCUT2D eigenvalue weighted by molar-refractivity contribution is 9.10. The zero-order chi connectivity index (χ0) is 12.4. The first-order valence-corrected chi connectivity index (χ1v) is 5.88. The van der Waals surface area contributed by atoms with Crippen LogP contribution in [0.15, 0.2) is 29.1 Å². The summed E-state index contributed by atoms with van der Waals surface area (Å²) in [7, 11) is 0. The van der Waals surface area contributed by atoms with Crippen molar-refractivity contribution in [2.24, 2.45) is 0 Å². The van der Waals surface area contributed by atoms with Crippen molar-refractivity contribution in [3.63, 3.8) is 0 Å². The fourth-order valence-corrected chi connectivity index (χ4v) is 1.55. The van der Waals surface area contributed by atoms with Crippen molar-refractivity contribution in [1.82, 2.24) is 14.8 Å². The summed E-state index contributed by atoms with van der Waals surface area (Å²) in [5.74, 6) is -0.111. The van der Waals surface area contributed by atoms with Crippen molar-refractivity contribution in [2.75, 3.05) is 0 Å². The van der Waals surface area contributed by atoms with Crippen LogP contribution in [0.5, 0.6) is 11.6 Å². The monoisotopic (exact) mass is 299 g/mol. The molecule has 0 saturated heterocycles. The molecule has 0 radical (unpaired) electrons. The minimum Gasteiger partial charge on any atom is -0.433 e. The molecule has 2 aromatic heterocycles. The van der Waals surface area contributed by atoms with E-state index in [2.05, 4.69) is 26.0 Å². The number of hydrogen-bond acceptors (Lipinski definition) is 3. The Morgan fingerprint density at radius 1 is 1.41 bits per heavy atom. The average Bonchev–Trinajstić information content (AvgIpc) is 2.71. The Balaban J connectivity index is 2.19. The molecule has 0 aliphatic carbocycles. The number of rotatable bonds is 3. The fraction of sp³-hybridized carbons (Fsp3) is 0.273. The van der Waals surface area contributed by atoms with Crippen LogP contribution in [-0.4, -0.2) is 14.8 Å². The molecule has 0 fully saturated rings. The van der Waals surface area contributed by atoms with Gasteiger partial charge in [0.05, 0.1) is 12.4 Å². The summed E-state index contributed by atoms with van der Waals surface area (Å²) in [5.41, 5.74) is 0. The van der Waals surface area contributed by atoms with Crippen LogP contribution < -0.4 is 4.74 Å². The van der Waals surface area contributed by atoms with E-state index in [4.69, 9.17) is 4.74 Å². The van der Waals surface area contributed by atoms with Gasteiger partial charge in [0.2, 0.25) is 0 Å². The van der Waals surface area contributed by atoms with E-state index in [0.717, 1.165) is 0 Å². The van der Waals surface area contributed by atoms with E-state index in [-0.39, 0.29) is 11.9 Å². The number of hydrogen-bond donors (Lipinski definition) is 0. The molecule has 0 unspecified atom stereocenters. The Morgan fingerprint density at radius 2 is 2.18 bits per heavy atom. The Hall–Kier alpha value is -1.43. The first kappa shape index (κ1) is 12.0. The zero-order valence-corrected chi connectivity index (χ0v) is 11.0. The quantitative estimate of drug-likeness (QED) is 0.870. The summed E-state index contributed by atoms with van der Waals surface area (Å²) in [6.45, 7) is 3.99. The second-order valence-corrected chi connectivity index (χ2v) is 4.71. The molecule has 0 amide bonds. The maximum atomic E-state index is 13.5. The summed E-state index contributed by atoms with van der Waals surface area (Å²) in [4.78, 5) is 3.85. The van der Waals surface area contributed by atoms with Gasteiger partial charge in [-0.2, -0.15) is 5.10 Å². The van der Waals surface area contributed by atoms with E-state index < -0.39 is 5.82 Å². The topological polar surface area (TPSA) is 39.9 Å². The van der Waals surface area contributed by atoms with Crippen molar-refractivity contribution in [2.45, 2.75) is 19.9 Å². The molecular weight excluding hydrogens is 289 g/mol. The molecule has 0 N–H and O–H groups in total. The van der Waals surface area contributed by atoms with Gasteiger partial charge in [-0.3, -0.25) is 4.68 Å². The van der Waals surface area contributed by atoms with Crippen molar-refractivity contribution >= 4 is 15.9 Å². The smallest absolute Gasteiger partial charge is 0.256 e. The van der Waals surface area contributed by atoms with Crippen molar-refractivity contribution in [1.29, 1.82) is 0 Å². The third-order valence-corrected chi connectivity index (χ3v) is 2.53. The Morgan fingerprint density at radius 3 is 2.76 bits per heavy atom. The lowest BCUT2D eigenvalue weighted by Gasteiger charge is -2.04. The van der Waals surface area contributed by atoms with Gasteiger partial charge in [-0.1, -0.05) is 0 Å². The van der Waals surface area contributed by atoms with E-state index in [1.54, 1.807) is 10.9 Å². The van der Waals surface area contributed by atoms with Gasteiger partial charge in [0.1, 0.15) is 0 Å². The molecule has 0 aliphatic rings. The lowest BCUT2D eigenvalue weighted by molar-refractivity contribution is 0.420. The SMILES string of the molecule is CC(C)n1cc(Oc2ncc(Br)cc2F)cn1. The average molecular weight is 300 g/mol. The van der Waals surface area contributed by atoms with Crippen LogP contribution >= 0.6 is 15.9 Å². The molecule has 0 saturated carbocycles. The number of aromatic nitrogens is 3. The summed E-state index contributed by atoms with van der Waals surface area (Å²) < 4.78 is 21.1. The predicted octanol–water partition coefficient (Wildman–Crippen LogP) is 3.55. The molecule has 2 heterocycles. The first-order valence-electron chi connectivity index (χ1n) is 5.09. The fourth-order valence-electron chi connectivity index (χ4n) is 1.24. The highest BCUT2D eigenvalue weighted by Crippen LogP contribution is 2.24. The summed E-state index contributed by atoms with van der Waals surface area (Å²) in [5, 5.41) is 4.09. The molecule has 0 aromatic carbocycles. The second-order valence-electron chi connectivity index (χ2n) is 3.79. The Bertz CT molecular complexity index is 527. The summed E-state index contributed by atoms with van der Waals surface area (Å²) >= 11 is 3.13. The van der Waals surface area contributed by atoms with Gasteiger partial charge < -0.3 is 4.74 Å². The van der Waals surface area contributed by atoms with Crippen LogP contribution in [0, 0.1) is 5.82 Å². The standard InChI is InChI=1S/C11H11BrFN3O/c1-7(2)16-6-9(5-15-16)17-11-10(13)3-8(12)4-14-11/h3-7H,1-2H3. The van der Waals surface area contributed by atoms with Gasteiger partial charge in [-0.15, -0.1) is 0 Å². The highest BCUT2D eigenvalue weighted by Gasteiger charge is 2.09. The van der Waals surface area contributed by atoms with Crippen LogP contribution in [-0.2, 0) is 0 Å². The molecule has 90 valence electrons. The van der Waals surface area contributed by atoms with Gasteiger partial charge in [0.25, 0.3) is 5.88 Å². The number of halogens is 2. The zero-order valence-electron chi connectivity index (χ0n) is 9.39. The normalized spacial score (nSPS) is 10.9. The molecule has 6 heteroatoms. The molecule has 2 rings (SSSR count). The molecular formula is C11H11BrFN3O. The Kier molecular flexibility index (Phi) is 3.42. The number of pyridine rings is 1. The third-order valence-electron chi connectivity index (χ3n) is 2.10. The van der Waals surface area contributed by atoms with Crippen LogP contribution in [0.4, 0.5) is 4.39 Å². The van der Waals surface area contributed by atoms with Crippen LogP contribution in [0.3, 0.4) is 0 Å². The van der Waals surface area contributed by atoms with Gasteiger partial charge in [0.15, 0.2) is 11.6 Å². The van der Waals surface area contributed by atoms with E-state index in [0.29, 0.717) is 10.2 Å². The molecule has 2 aromatic rings. The van der Waals surface area contributed by atoms with Crippen LogP contribution in [0.25, 0.3) is 0 Å². The van der Waals surface area contributed by atoms with Crippen molar-refractivity contribution in [3.8, 4) is 11.6 Å². The summed E-state index contributed by atoms with van der Waals surface area (Å²) in [6.07, 6.45) is 4.71. The molecule has 17 heavy (non-hydrogen) atoms. The molecule has 4 nitrogen and oxygen atoms in total. The van der Waals surface area contributed by atoms with E-state index in [9.17, 15) is 4.39 Å². The minimum absolute atomic E-state index is 0.0588. The van der Waals surface area contributed by atoms with Crippen molar-refractivity contribution in [3.05, 3.63) is 34.9 Å². The minimum atomic E-state index is -0.517. The number of ether oxygens (including phenoxy) is 1. The van der Waals surface area contributed by atoms with Gasteiger partial charge >= 0.3 is 0 Å². The highest BCUT2D eigenvalue weighted by atomic mass is 79.9. The maximum absolute atomic E-state index is 13.5. The van der Waals surface area contributed by atoms with Gasteiger partial charge in [0, 0.05) is 16.7 Å². The lowest BCUT2D eigenvalue weighted by Crippen LogP contribution is -1.99.